The van der Waals surface area contributed by atoms with E-state index in [0.29, 0.717) is 23.9 Å². The number of carbonyl (C=O) groups is 1. The van der Waals surface area contributed by atoms with Gasteiger partial charge >= 0.3 is 0 Å². The van der Waals surface area contributed by atoms with E-state index in [0.717, 1.165) is 44.7 Å². The summed E-state index contributed by atoms with van der Waals surface area (Å²) >= 11 is 0. The average molecular weight is 333 g/mol. The molecule has 2 saturated heterocycles. The molecular weight excluding hydrogens is 305 g/mol. The minimum absolute atomic E-state index is 0.0846. The molecular formula is C19H28FN3O. The lowest BCUT2D eigenvalue weighted by Gasteiger charge is -2.28. The van der Waals surface area contributed by atoms with Crippen molar-refractivity contribution in [3.8, 4) is 0 Å². The highest BCUT2D eigenvalue weighted by atomic mass is 19.1. The van der Waals surface area contributed by atoms with Crippen LogP contribution in [-0.2, 0) is 4.79 Å². The minimum Gasteiger partial charge on any atom is -0.370 e. The summed E-state index contributed by atoms with van der Waals surface area (Å²) in [6.45, 7) is 6.03. The van der Waals surface area contributed by atoms with Gasteiger partial charge in [0.25, 0.3) is 0 Å². The number of carbonyl (C=O) groups excluding carboxylic acids is 1. The maximum absolute atomic E-state index is 14.3. The second-order valence-electron chi connectivity index (χ2n) is 7.16. The van der Waals surface area contributed by atoms with Crippen LogP contribution >= 0.6 is 0 Å². The maximum atomic E-state index is 14.3. The number of hydrogen-bond acceptors (Lipinski definition) is 3. The van der Waals surface area contributed by atoms with Gasteiger partial charge in [0, 0.05) is 19.5 Å². The van der Waals surface area contributed by atoms with E-state index in [1.165, 1.54) is 18.9 Å². The second kappa shape index (κ2) is 7.97. The molecule has 24 heavy (non-hydrogen) atoms. The van der Waals surface area contributed by atoms with Crippen molar-refractivity contribution in [2.75, 3.05) is 36.4 Å². The Balaban J connectivity index is 1.65. The molecule has 4 nitrogen and oxygen atoms in total. The van der Waals surface area contributed by atoms with Crippen LogP contribution in [0.4, 0.5) is 15.8 Å². The molecule has 0 aliphatic carbocycles. The van der Waals surface area contributed by atoms with E-state index < -0.39 is 0 Å². The summed E-state index contributed by atoms with van der Waals surface area (Å²) in [5, 5.41) is 6.25. The van der Waals surface area contributed by atoms with E-state index in [1.54, 1.807) is 6.07 Å². The van der Waals surface area contributed by atoms with Gasteiger partial charge in [0.15, 0.2) is 0 Å². The summed E-state index contributed by atoms with van der Waals surface area (Å²) in [4.78, 5) is 14.6. The van der Waals surface area contributed by atoms with E-state index in [4.69, 9.17) is 0 Å². The van der Waals surface area contributed by atoms with Gasteiger partial charge in [-0.2, -0.15) is 0 Å². The molecule has 0 saturated carbocycles. The topological polar surface area (TPSA) is 44.4 Å². The Morgan fingerprint density at radius 3 is 2.88 bits per heavy atom. The van der Waals surface area contributed by atoms with Gasteiger partial charge in [0.2, 0.25) is 5.91 Å². The number of amides is 1. The standard InChI is InChI=1S/C19H28FN3O/c1-14(15-6-5-9-21-13-15)12-18(24)22-19-16(20)7-4-8-17(19)23-10-2-3-11-23/h4,7-8,14-15,21H,2-3,5-6,9-13H2,1H3,(H,22,24). The highest BCUT2D eigenvalue weighted by Crippen LogP contribution is 2.32. The lowest BCUT2D eigenvalue weighted by molar-refractivity contribution is -0.117. The summed E-state index contributed by atoms with van der Waals surface area (Å²) in [5.74, 6) is 0.404. The molecule has 2 aliphatic heterocycles. The Morgan fingerprint density at radius 2 is 2.17 bits per heavy atom. The number of hydrogen-bond donors (Lipinski definition) is 2. The molecule has 2 aliphatic rings. The second-order valence-corrected chi connectivity index (χ2v) is 7.16. The third-order valence-electron chi connectivity index (χ3n) is 5.35. The molecule has 2 atom stereocenters. The molecule has 0 spiro atoms. The molecule has 1 aromatic rings. The van der Waals surface area contributed by atoms with Crippen LogP contribution in [0, 0.1) is 17.7 Å². The zero-order chi connectivity index (χ0) is 16.9. The van der Waals surface area contributed by atoms with Gasteiger partial charge in [0.1, 0.15) is 11.5 Å². The molecule has 2 unspecified atom stereocenters. The number of piperidine rings is 1. The number of nitrogens with one attached hydrogen (secondary N) is 2. The van der Waals surface area contributed by atoms with Gasteiger partial charge in [-0.25, -0.2) is 4.39 Å². The van der Waals surface area contributed by atoms with Crippen molar-refractivity contribution in [1.82, 2.24) is 5.32 Å². The first-order chi connectivity index (χ1) is 11.6. The van der Waals surface area contributed by atoms with Crippen LogP contribution in [0.3, 0.4) is 0 Å². The van der Waals surface area contributed by atoms with Crippen LogP contribution in [0.5, 0.6) is 0 Å². The molecule has 1 amide bonds. The fourth-order valence-electron chi connectivity index (χ4n) is 3.87. The largest absolute Gasteiger partial charge is 0.370 e. The molecule has 132 valence electrons. The SMILES string of the molecule is CC(CC(=O)Nc1c(F)cccc1N1CCCC1)C1CCCNC1. The van der Waals surface area contributed by atoms with Crippen molar-refractivity contribution in [3.05, 3.63) is 24.0 Å². The number of halogens is 1. The van der Waals surface area contributed by atoms with Crippen LogP contribution in [0.2, 0.25) is 0 Å². The summed E-state index contributed by atoms with van der Waals surface area (Å²) in [5.41, 5.74) is 1.16. The van der Waals surface area contributed by atoms with E-state index >= 15 is 0 Å². The highest BCUT2D eigenvalue weighted by molar-refractivity contribution is 5.94. The third kappa shape index (κ3) is 4.07. The first-order valence-corrected chi connectivity index (χ1v) is 9.19. The number of nitrogens with zero attached hydrogens (tertiary/aromatic N) is 1. The number of para-hydroxylation sites is 1. The molecule has 2 fully saturated rings. The minimum atomic E-state index is -0.347. The van der Waals surface area contributed by atoms with E-state index in [-0.39, 0.29) is 11.7 Å². The molecule has 3 rings (SSSR count). The zero-order valence-corrected chi connectivity index (χ0v) is 14.5. The van der Waals surface area contributed by atoms with Crippen molar-refractivity contribution in [2.45, 2.75) is 39.0 Å². The van der Waals surface area contributed by atoms with Gasteiger partial charge in [-0.05, 0) is 62.7 Å². The maximum Gasteiger partial charge on any atom is 0.224 e. The van der Waals surface area contributed by atoms with Crippen molar-refractivity contribution in [2.24, 2.45) is 11.8 Å². The van der Waals surface area contributed by atoms with Crippen molar-refractivity contribution >= 4 is 17.3 Å². The molecule has 2 heterocycles. The number of anilines is 2. The van der Waals surface area contributed by atoms with E-state index in [9.17, 15) is 9.18 Å². The summed E-state index contributed by atoms with van der Waals surface area (Å²) in [6.07, 6.45) is 5.02. The van der Waals surface area contributed by atoms with Crippen LogP contribution in [0.25, 0.3) is 0 Å². The number of rotatable bonds is 5. The Bertz CT molecular complexity index is 566. The van der Waals surface area contributed by atoms with Crippen molar-refractivity contribution in [3.63, 3.8) is 0 Å². The lowest BCUT2D eigenvalue weighted by atomic mass is 9.85. The van der Waals surface area contributed by atoms with E-state index in [2.05, 4.69) is 22.5 Å². The normalized spacial score (nSPS) is 22.4. The highest BCUT2D eigenvalue weighted by Gasteiger charge is 2.24. The molecule has 0 radical (unpaired) electrons. The van der Waals surface area contributed by atoms with Gasteiger partial charge in [-0.1, -0.05) is 13.0 Å². The Kier molecular flexibility index (Phi) is 5.72. The first kappa shape index (κ1) is 17.2. The lowest BCUT2D eigenvalue weighted by Crippen LogP contribution is -2.34. The molecule has 2 N–H and O–H groups in total. The molecule has 1 aromatic carbocycles. The average Bonchev–Trinajstić information content (AvgIpc) is 3.12. The summed E-state index contributed by atoms with van der Waals surface area (Å²) in [6, 6.07) is 5.04. The van der Waals surface area contributed by atoms with Gasteiger partial charge < -0.3 is 15.5 Å². The predicted molar refractivity (Wildman–Crippen MR) is 95.9 cm³/mol. The van der Waals surface area contributed by atoms with Gasteiger partial charge in [-0.15, -0.1) is 0 Å². The van der Waals surface area contributed by atoms with E-state index in [1.807, 2.05) is 6.07 Å². The predicted octanol–water partition coefficient (Wildman–Crippen LogP) is 3.39. The Labute approximate surface area is 143 Å². The van der Waals surface area contributed by atoms with Crippen LogP contribution in [0.1, 0.15) is 39.0 Å². The monoisotopic (exact) mass is 333 g/mol. The quantitative estimate of drug-likeness (QED) is 0.868. The Morgan fingerprint density at radius 1 is 1.38 bits per heavy atom. The fraction of sp³-hybridized carbons (Fsp3) is 0.632. The Hall–Kier alpha value is -1.62. The summed E-state index contributed by atoms with van der Waals surface area (Å²) in [7, 11) is 0. The zero-order valence-electron chi connectivity index (χ0n) is 14.5. The van der Waals surface area contributed by atoms with Crippen LogP contribution in [0.15, 0.2) is 18.2 Å². The molecule has 0 bridgehead atoms. The molecule has 5 heteroatoms. The van der Waals surface area contributed by atoms with Gasteiger partial charge in [0.05, 0.1) is 5.69 Å². The summed E-state index contributed by atoms with van der Waals surface area (Å²) < 4.78 is 14.3. The number of benzene rings is 1. The first-order valence-electron chi connectivity index (χ1n) is 9.19. The fourth-order valence-corrected chi connectivity index (χ4v) is 3.87. The molecule has 0 aromatic heterocycles. The van der Waals surface area contributed by atoms with Gasteiger partial charge in [-0.3, -0.25) is 4.79 Å². The van der Waals surface area contributed by atoms with Crippen molar-refractivity contribution in [1.29, 1.82) is 0 Å². The smallest absolute Gasteiger partial charge is 0.224 e. The third-order valence-corrected chi connectivity index (χ3v) is 5.35. The van der Waals surface area contributed by atoms with Crippen LogP contribution < -0.4 is 15.5 Å². The van der Waals surface area contributed by atoms with Crippen molar-refractivity contribution < 1.29 is 9.18 Å². The van der Waals surface area contributed by atoms with Crippen LogP contribution in [-0.4, -0.2) is 32.1 Å².